The van der Waals surface area contributed by atoms with Gasteiger partial charge in [-0.3, -0.25) is 10.7 Å². The highest BCUT2D eigenvalue weighted by Gasteiger charge is 2.15. The van der Waals surface area contributed by atoms with Crippen LogP contribution in [0, 0.1) is 11.2 Å². The Balaban J connectivity index is 1.95. The van der Waals surface area contributed by atoms with Crippen LogP contribution in [0.15, 0.2) is 36.4 Å². The lowest BCUT2D eigenvalue weighted by molar-refractivity contribution is 0.144. The third-order valence-corrected chi connectivity index (χ3v) is 4.42. The van der Waals surface area contributed by atoms with Crippen LogP contribution in [0.25, 0.3) is 0 Å². The largest absolute Gasteiger partial charge is 0.444 e. The summed E-state index contributed by atoms with van der Waals surface area (Å²) in [6.45, 7) is 6.01. The quantitative estimate of drug-likeness (QED) is 0.378. The Morgan fingerprint density at radius 2 is 1.85 bits per heavy atom. The molecule has 1 atom stereocenters. The van der Waals surface area contributed by atoms with Crippen molar-refractivity contribution >= 4 is 39.8 Å². The Kier molecular flexibility index (Phi) is 6.19. The summed E-state index contributed by atoms with van der Waals surface area (Å²) >= 11 is 0. The molecule has 4 nitrogen and oxygen atoms in total. The van der Waals surface area contributed by atoms with E-state index in [2.05, 4.69) is 35.3 Å². The molecule has 0 aliphatic rings. The standard InChI is InChI=1S/C19H21BFN2O2P/c1-19(2,3)13-7-4-11(5-8-13)17(22)23-18(24)25-10-12-6-9-14(26)15(20)16(12)21/h4-9H,10,26H2,1-3H3,(H2,22,23,24). The first-order valence-corrected chi connectivity index (χ1v) is 8.63. The summed E-state index contributed by atoms with van der Waals surface area (Å²) in [6.07, 6.45) is -0.831. The molecule has 0 saturated carbocycles. The van der Waals surface area contributed by atoms with Crippen LogP contribution in [0.5, 0.6) is 0 Å². The topological polar surface area (TPSA) is 62.2 Å². The Morgan fingerprint density at radius 3 is 2.42 bits per heavy atom. The minimum atomic E-state index is -0.831. The van der Waals surface area contributed by atoms with Crippen LogP contribution in [-0.2, 0) is 16.8 Å². The molecule has 0 aliphatic heterocycles. The van der Waals surface area contributed by atoms with E-state index in [1.807, 2.05) is 12.1 Å². The van der Waals surface area contributed by atoms with Crippen LogP contribution in [-0.4, -0.2) is 19.8 Å². The van der Waals surface area contributed by atoms with Gasteiger partial charge in [-0.25, -0.2) is 9.18 Å². The van der Waals surface area contributed by atoms with Crippen molar-refractivity contribution in [2.45, 2.75) is 32.8 Å². The molecule has 2 rings (SSSR count). The number of hydrogen-bond donors (Lipinski definition) is 2. The predicted molar refractivity (Wildman–Crippen MR) is 106 cm³/mol. The number of amidine groups is 1. The van der Waals surface area contributed by atoms with Crippen molar-refractivity contribution in [3.05, 3.63) is 58.9 Å². The molecular weight excluding hydrogens is 349 g/mol. The number of carbonyl (C=O) groups is 1. The number of rotatable bonds is 3. The second-order valence-corrected chi connectivity index (χ2v) is 7.57. The molecule has 0 bridgehead atoms. The summed E-state index contributed by atoms with van der Waals surface area (Å²) in [6, 6.07) is 10.5. The summed E-state index contributed by atoms with van der Waals surface area (Å²) in [4.78, 5) is 11.9. The van der Waals surface area contributed by atoms with Gasteiger partial charge in [-0.05, 0) is 16.3 Å². The van der Waals surface area contributed by atoms with E-state index in [0.717, 1.165) is 5.56 Å². The highest BCUT2D eigenvalue weighted by molar-refractivity contribution is 7.28. The van der Waals surface area contributed by atoms with E-state index in [4.69, 9.17) is 18.0 Å². The predicted octanol–water partition coefficient (Wildman–Crippen LogP) is 2.67. The summed E-state index contributed by atoms with van der Waals surface area (Å²) in [5.41, 5.74) is 1.86. The summed E-state index contributed by atoms with van der Waals surface area (Å²) in [5, 5.41) is 10.8. The van der Waals surface area contributed by atoms with Gasteiger partial charge < -0.3 is 4.74 Å². The molecule has 1 unspecified atom stereocenters. The van der Waals surface area contributed by atoms with Crippen LogP contribution < -0.4 is 16.1 Å². The van der Waals surface area contributed by atoms with E-state index in [-0.39, 0.29) is 28.9 Å². The molecule has 2 aromatic rings. The van der Waals surface area contributed by atoms with E-state index in [1.54, 1.807) is 18.2 Å². The molecule has 0 aliphatic carbocycles. The molecule has 0 heterocycles. The molecule has 0 fully saturated rings. The van der Waals surface area contributed by atoms with Gasteiger partial charge in [-0.2, -0.15) is 0 Å². The fraction of sp³-hybridized carbons (Fsp3) is 0.263. The lowest BCUT2D eigenvalue weighted by Crippen LogP contribution is -2.31. The number of halogens is 1. The highest BCUT2D eigenvalue weighted by atomic mass is 31.0. The first-order chi connectivity index (χ1) is 12.1. The van der Waals surface area contributed by atoms with Crippen molar-refractivity contribution in [1.82, 2.24) is 5.32 Å². The highest BCUT2D eigenvalue weighted by Crippen LogP contribution is 2.22. The normalized spacial score (nSPS) is 11.1. The second-order valence-electron chi connectivity index (χ2n) is 6.95. The first kappa shape index (κ1) is 20.1. The number of nitrogens with one attached hydrogen (secondary N) is 2. The van der Waals surface area contributed by atoms with E-state index in [0.29, 0.717) is 10.9 Å². The smallest absolute Gasteiger partial charge is 0.413 e. The number of amides is 1. The maximum Gasteiger partial charge on any atom is 0.413 e. The molecular formula is C19H21BFN2O2P. The third kappa shape index (κ3) is 4.92. The molecule has 2 radical (unpaired) electrons. The van der Waals surface area contributed by atoms with Crippen LogP contribution in [0.2, 0.25) is 0 Å². The fourth-order valence-electron chi connectivity index (χ4n) is 2.25. The van der Waals surface area contributed by atoms with Gasteiger partial charge >= 0.3 is 6.09 Å². The van der Waals surface area contributed by atoms with Crippen molar-refractivity contribution in [3.63, 3.8) is 0 Å². The lowest BCUT2D eigenvalue weighted by atomic mass is 9.86. The SMILES string of the molecule is [B]c1c(P)ccc(COC(=O)NC(=N)c2ccc(C(C)(C)C)cc2)c1F. The van der Waals surface area contributed by atoms with Gasteiger partial charge in [0.1, 0.15) is 26.1 Å². The molecule has 0 aromatic heterocycles. The lowest BCUT2D eigenvalue weighted by Gasteiger charge is -2.19. The molecule has 26 heavy (non-hydrogen) atoms. The van der Waals surface area contributed by atoms with E-state index in [1.165, 1.54) is 6.07 Å². The van der Waals surface area contributed by atoms with Crippen LogP contribution in [0.4, 0.5) is 9.18 Å². The zero-order valence-corrected chi connectivity index (χ0v) is 16.2. The molecule has 7 heteroatoms. The molecule has 1 amide bonds. The average Bonchev–Trinajstić information content (AvgIpc) is 2.58. The molecule has 0 spiro atoms. The summed E-state index contributed by atoms with van der Waals surface area (Å²) in [7, 11) is 7.93. The van der Waals surface area contributed by atoms with Gasteiger partial charge in [-0.15, -0.1) is 9.24 Å². The molecule has 134 valence electrons. The van der Waals surface area contributed by atoms with Crippen molar-refractivity contribution in [2.75, 3.05) is 0 Å². The molecule has 2 aromatic carbocycles. The fourth-order valence-corrected chi connectivity index (χ4v) is 2.48. The first-order valence-electron chi connectivity index (χ1n) is 8.05. The van der Waals surface area contributed by atoms with E-state index in [9.17, 15) is 9.18 Å². The van der Waals surface area contributed by atoms with Gasteiger partial charge in [0.2, 0.25) is 0 Å². The van der Waals surface area contributed by atoms with Crippen molar-refractivity contribution in [1.29, 1.82) is 5.41 Å². The monoisotopic (exact) mass is 370 g/mol. The maximum absolute atomic E-state index is 14.0. The van der Waals surface area contributed by atoms with Crippen LogP contribution in [0.1, 0.15) is 37.5 Å². The van der Waals surface area contributed by atoms with Crippen molar-refractivity contribution in [3.8, 4) is 0 Å². The zero-order chi connectivity index (χ0) is 19.5. The van der Waals surface area contributed by atoms with Gasteiger partial charge in [0, 0.05) is 11.1 Å². The Morgan fingerprint density at radius 1 is 1.23 bits per heavy atom. The number of alkyl carbamates (subject to hydrolysis) is 1. The maximum atomic E-state index is 14.0. The van der Waals surface area contributed by atoms with E-state index < -0.39 is 11.9 Å². The number of hydrogen-bond acceptors (Lipinski definition) is 3. The summed E-state index contributed by atoms with van der Waals surface area (Å²) in [5.74, 6) is -0.700. The van der Waals surface area contributed by atoms with Gasteiger partial charge in [0.05, 0.1) is 0 Å². The van der Waals surface area contributed by atoms with Crippen LogP contribution in [0.3, 0.4) is 0 Å². The molecule has 2 N–H and O–H groups in total. The van der Waals surface area contributed by atoms with Gasteiger partial charge in [0.25, 0.3) is 0 Å². The Hall–Kier alpha value is -2.20. The average molecular weight is 370 g/mol. The minimum Gasteiger partial charge on any atom is -0.444 e. The van der Waals surface area contributed by atoms with Crippen LogP contribution >= 0.6 is 9.24 Å². The Labute approximate surface area is 156 Å². The van der Waals surface area contributed by atoms with Gasteiger partial charge in [-0.1, -0.05) is 62.6 Å². The number of ether oxygens (including phenoxy) is 1. The van der Waals surface area contributed by atoms with Crippen molar-refractivity contribution in [2.24, 2.45) is 0 Å². The third-order valence-electron chi connectivity index (χ3n) is 3.92. The number of carbonyl (C=O) groups excluding carboxylic acids is 1. The van der Waals surface area contributed by atoms with Gasteiger partial charge in [0.15, 0.2) is 0 Å². The summed E-state index contributed by atoms with van der Waals surface area (Å²) < 4.78 is 19.0. The minimum absolute atomic E-state index is 0.00295. The molecule has 0 saturated heterocycles. The second kappa shape index (κ2) is 8.00. The number of benzene rings is 2. The Bertz CT molecular complexity index is 833. The van der Waals surface area contributed by atoms with E-state index >= 15 is 0 Å². The van der Waals surface area contributed by atoms with Crippen molar-refractivity contribution < 1.29 is 13.9 Å². The zero-order valence-electron chi connectivity index (χ0n) is 15.0.